The predicted molar refractivity (Wildman–Crippen MR) is 105 cm³/mol. The van der Waals surface area contributed by atoms with Gasteiger partial charge >= 0.3 is 0 Å². The van der Waals surface area contributed by atoms with Crippen molar-refractivity contribution >= 4 is 17.0 Å². The summed E-state index contributed by atoms with van der Waals surface area (Å²) < 4.78 is 23.0. The summed E-state index contributed by atoms with van der Waals surface area (Å²) in [5.74, 6) is 2.11. The number of benzene rings is 2. The second kappa shape index (κ2) is 6.94. The second-order valence-electron chi connectivity index (χ2n) is 6.20. The Hall–Kier alpha value is -3.45. The topological polar surface area (TPSA) is 79.2 Å². The zero-order valence-electron chi connectivity index (χ0n) is 15.5. The average molecular weight is 381 g/mol. The molecule has 0 saturated carbocycles. The number of pyridine rings is 1. The van der Waals surface area contributed by atoms with E-state index in [0.717, 1.165) is 0 Å². The first-order valence-electron chi connectivity index (χ1n) is 8.58. The van der Waals surface area contributed by atoms with Gasteiger partial charge in [0, 0.05) is 11.8 Å². The van der Waals surface area contributed by atoms with Crippen LogP contribution in [0.15, 0.2) is 41.7 Å². The van der Waals surface area contributed by atoms with Crippen LogP contribution in [0.4, 0.5) is 0 Å². The maximum Gasteiger partial charge on any atom is 0.263 e. The molecule has 1 aliphatic heterocycles. The standard InChI is InChI=1S/C21H19NO6/c1-4-22-16(14-8-20-19(27-11-28-20)7-13(14)10-23)5-12-6-17(25-2)18(26-3)9-15(12)21(22)24/h4-9,23H,1,10-11H2,2-3H3. The van der Waals surface area contributed by atoms with Gasteiger partial charge in [-0.2, -0.15) is 0 Å². The van der Waals surface area contributed by atoms with Crippen LogP contribution in [0.25, 0.3) is 28.2 Å². The fourth-order valence-corrected chi connectivity index (χ4v) is 3.40. The Morgan fingerprint density at radius 1 is 1.11 bits per heavy atom. The number of aliphatic hydroxyl groups excluding tert-OH is 1. The van der Waals surface area contributed by atoms with Gasteiger partial charge in [0.05, 0.1) is 31.9 Å². The number of methoxy groups -OCH3 is 2. The van der Waals surface area contributed by atoms with Gasteiger partial charge in [-0.25, -0.2) is 0 Å². The minimum absolute atomic E-state index is 0.118. The third kappa shape index (κ3) is 2.68. The molecule has 0 amide bonds. The normalized spacial score (nSPS) is 12.2. The molecule has 0 spiro atoms. The fraction of sp³-hybridized carbons (Fsp3) is 0.190. The maximum absolute atomic E-state index is 13.1. The lowest BCUT2D eigenvalue weighted by atomic mass is 10.0. The highest BCUT2D eigenvalue weighted by Crippen LogP contribution is 2.40. The van der Waals surface area contributed by atoms with E-state index in [-0.39, 0.29) is 19.0 Å². The summed E-state index contributed by atoms with van der Waals surface area (Å²) in [6.07, 6.45) is 1.44. The number of aliphatic hydroxyl groups is 1. The molecular formula is C21H19NO6. The highest BCUT2D eigenvalue weighted by atomic mass is 16.7. The lowest BCUT2D eigenvalue weighted by Gasteiger charge is -2.16. The van der Waals surface area contributed by atoms with Gasteiger partial charge in [0.1, 0.15) is 0 Å². The number of ether oxygens (including phenoxy) is 4. The Bertz CT molecular complexity index is 1150. The molecule has 1 aliphatic rings. The van der Waals surface area contributed by atoms with Crippen molar-refractivity contribution in [3.8, 4) is 34.3 Å². The monoisotopic (exact) mass is 381 g/mol. The van der Waals surface area contributed by atoms with Gasteiger partial charge in [0.15, 0.2) is 23.0 Å². The largest absolute Gasteiger partial charge is 0.493 e. The zero-order valence-corrected chi connectivity index (χ0v) is 15.5. The SMILES string of the molecule is C=Cn1c(-c2cc3c(cc2CO)OCO3)cc2cc(OC)c(OC)cc2c1=O. The van der Waals surface area contributed by atoms with E-state index in [1.165, 1.54) is 25.0 Å². The Balaban J connectivity index is 2.05. The first kappa shape index (κ1) is 17.9. The molecule has 0 unspecified atom stereocenters. The summed E-state index contributed by atoms with van der Waals surface area (Å²) in [6.45, 7) is 3.67. The quantitative estimate of drug-likeness (QED) is 0.732. The van der Waals surface area contributed by atoms with Gasteiger partial charge < -0.3 is 24.1 Å². The summed E-state index contributed by atoms with van der Waals surface area (Å²) in [4.78, 5) is 13.1. The van der Waals surface area contributed by atoms with Crippen molar-refractivity contribution in [1.29, 1.82) is 0 Å². The Labute approximate surface area is 161 Å². The molecule has 2 aromatic carbocycles. The fourth-order valence-electron chi connectivity index (χ4n) is 3.40. The highest BCUT2D eigenvalue weighted by Gasteiger charge is 2.21. The first-order chi connectivity index (χ1) is 13.6. The number of rotatable bonds is 5. The molecule has 0 saturated heterocycles. The molecule has 2 heterocycles. The minimum atomic E-state index is -0.259. The van der Waals surface area contributed by atoms with Crippen LogP contribution in [0.3, 0.4) is 0 Å². The third-order valence-corrected chi connectivity index (χ3v) is 4.78. The molecule has 28 heavy (non-hydrogen) atoms. The second-order valence-corrected chi connectivity index (χ2v) is 6.20. The molecule has 0 fully saturated rings. The van der Waals surface area contributed by atoms with Gasteiger partial charge in [-0.1, -0.05) is 6.58 Å². The van der Waals surface area contributed by atoms with E-state index in [4.69, 9.17) is 18.9 Å². The van der Waals surface area contributed by atoms with Crippen LogP contribution in [-0.4, -0.2) is 30.7 Å². The highest BCUT2D eigenvalue weighted by molar-refractivity contribution is 5.89. The van der Waals surface area contributed by atoms with Crippen LogP contribution in [0.1, 0.15) is 5.56 Å². The molecule has 0 bridgehead atoms. The molecule has 7 heteroatoms. The summed E-state index contributed by atoms with van der Waals surface area (Å²) in [7, 11) is 3.06. The van der Waals surface area contributed by atoms with Crippen molar-refractivity contribution in [1.82, 2.24) is 4.57 Å². The number of aromatic nitrogens is 1. The number of nitrogens with zero attached hydrogens (tertiary/aromatic N) is 1. The molecule has 0 aliphatic carbocycles. The van der Waals surface area contributed by atoms with E-state index in [0.29, 0.717) is 50.6 Å². The van der Waals surface area contributed by atoms with Crippen molar-refractivity contribution in [2.75, 3.05) is 21.0 Å². The Morgan fingerprint density at radius 3 is 2.43 bits per heavy atom. The van der Waals surface area contributed by atoms with Crippen LogP contribution in [0.5, 0.6) is 23.0 Å². The van der Waals surface area contributed by atoms with Crippen molar-refractivity contribution in [2.24, 2.45) is 0 Å². The molecule has 0 atom stereocenters. The lowest BCUT2D eigenvalue weighted by Crippen LogP contribution is -2.18. The van der Waals surface area contributed by atoms with Crippen LogP contribution < -0.4 is 24.5 Å². The predicted octanol–water partition coefficient (Wildman–Crippen LogP) is 3.01. The van der Waals surface area contributed by atoms with Crippen molar-refractivity contribution < 1.29 is 24.1 Å². The van der Waals surface area contributed by atoms with Crippen molar-refractivity contribution in [2.45, 2.75) is 6.61 Å². The van der Waals surface area contributed by atoms with Crippen molar-refractivity contribution in [3.05, 3.63) is 52.8 Å². The molecular weight excluding hydrogens is 362 g/mol. The first-order valence-corrected chi connectivity index (χ1v) is 8.58. The van der Waals surface area contributed by atoms with E-state index in [2.05, 4.69) is 6.58 Å². The van der Waals surface area contributed by atoms with E-state index < -0.39 is 0 Å². The lowest BCUT2D eigenvalue weighted by molar-refractivity contribution is 0.174. The summed E-state index contributed by atoms with van der Waals surface area (Å²) >= 11 is 0. The summed E-state index contributed by atoms with van der Waals surface area (Å²) in [6, 6.07) is 8.71. The van der Waals surface area contributed by atoms with Gasteiger partial charge in [-0.3, -0.25) is 9.36 Å². The molecule has 3 aromatic rings. The van der Waals surface area contributed by atoms with Gasteiger partial charge in [-0.05, 0) is 41.3 Å². The van der Waals surface area contributed by atoms with E-state index in [1.807, 2.05) is 6.07 Å². The van der Waals surface area contributed by atoms with Crippen LogP contribution in [-0.2, 0) is 6.61 Å². The van der Waals surface area contributed by atoms with E-state index >= 15 is 0 Å². The van der Waals surface area contributed by atoms with E-state index in [1.54, 1.807) is 24.3 Å². The minimum Gasteiger partial charge on any atom is -0.493 e. The molecule has 7 nitrogen and oxygen atoms in total. The molecule has 144 valence electrons. The molecule has 0 radical (unpaired) electrons. The number of fused-ring (bicyclic) bond motifs is 2. The molecule has 1 aromatic heterocycles. The summed E-state index contributed by atoms with van der Waals surface area (Å²) in [5, 5.41) is 11.0. The van der Waals surface area contributed by atoms with Crippen LogP contribution in [0, 0.1) is 0 Å². The maximum atomic E-state index is 13.1. The number of hydrogen-bond acceptors (Lipinski definition) is 6. The third-order valence-electron chi connectivity index (χ3n) is 4.78. The zero-order chi connectivity index (χ0) is 19.8. The molecule has 4 rings (SSSR count). The smallest absolute Gasteiger partial charge is 0.263 e. The van der Waals surface area contributed by atoms with Crippen LogP contribution >= 0.6 is 0 Å². The van der Waals surface area contributed by atoms with E-state index in [9.17, 15) is 9.90 Å². The number of hydrogen-bond donors (Lipinski definition) is 1. The Morgan fingerprint density at radius 2 is 1.79 bits per heavy atom. The van der Waals surface area contributed by atoms with Crippen LogP contribution in [0.2, 0.25) is 0 Å². The molecule has 1 N–H and O–H groups in total. The van der Waals surface area contributed by atoms with Gasteiger partial charge in [0.25, 0.3) is 5.56 Å². The summed E-state index contributed by atoms with van der Waals surface area (Å²) in [5.41, 5.74) is 1.58. The van der Waals surface area contributed by atoms with Gasteiger partial charge in [0.2, 0.25) is 6.79 Å². The average Bonchev–Trinajstić information content (AvgIpc) is 3.19. The Kier molecular flexibility index (Phi) is 4.44. The van der Waals surface area contributed by atoms with Crippen molar-refractivity contribution in [3.63, 3.8) is 0 Å². The van der Waals surface area contributed by atoms with Gasteiger partial charge in [-0.15, -0.1) is 0 Å².